The van der Waals surface area contributed by atoms with Crippen LogP contribution in [0.3, 0.4) is 0 Å². The van der Waals surface area contributed by atoms with Crippen LogP contribution in [-0.2, 0) is 26.1 Å². The van der Waals surface area contributed by atoms with Crippen LogP contribution in [0, 0.1) is 6.92 Å². The minimum atomic E-state index is -3.71. The third-order valence-electron chi connectivity index (χ3n) is 4.18. The molecule has 2 aromatic rings. The zero-order valence-corrected chi connectivity index (χ0v) is 16.5. The molecule has 0 radical (unpaired) electrons. The molecule has 0 unspecified atom stereocenters. The summed E-state index contributed by atoms with van der Waals surface area (Å²) in [5, 5.41) is 1.55. The smallest absolute Gasteiger partial charge is 0.374 e. The molecular formula is C17H19NO7S2. The fourth-order valence-electron chi connectivity index (χ4n) is 2.83. The molecule has 0 amide bonds. The van der Waals surface area contributed by atoms with Gasteiger partial charge in [-0.05, 0) is 37.3 Å². The number of hydrogen-bond acceptors (Lipinski definition) is 8. The number of furan rings is 1. The number of carbonyl (C=O) groups is 2. The molecule has 0 bridgehead atoms. The second-order valence-electron chi connectivity index (χ2n) is 6.02. The van der Waals surface area contributed by atoms with Crippen LogP contribution < -0.4 is 0 Å². The van der Waals surface area contributed by atoms with Gasteiger partial charge in [-0.25, -0.2) is 18.0 Å². The first-order valence-electron chi connectivity index (χ1n) is 8.27. The predicted molar refractivity (Wildman–Crippen MR) is 96.2 cm³/mol. The van der Waals surface area contributed by atoms with E-state index < -0.39 is 22.0 Å². The van der Waals surface area contributed by atoms with Crippen molar-refractivity contribution in [1.29, 1.82) is 0 Å². The van der Waals surface area contributed by atoms with E-state index in [1.54, 1.807) is 18.4 Å². The van der Waals surface area contributed by atoms with Crippen molar-refractivity contribution in [2.45, 2.75) is 31.3 Å². The Hall–Kier alpha value is -2.17. The van der Waals surface area contributed by atoms with Crippen molar-refractivity contribution < 1.29 is 31.9 Å². The quantitative estimate of drug-likeness (QED) is 0.671. The number of hydrogen-bond donors (Lipinski definition) is 0. The summed E-state index contributed by atoms with van der Waals surface area (Å²) in [5.74, 6) is -1.07. The lowest BCUT2D eigenvalue weighted by Gasteiger charge is -2.15. The van der Waals surface area contributed by atoms with E-state index in [4.69, 9.17) is 9.15 Å². The van der Waals surface area contributed by atoms with E-state index in [2.05, 4.69) is 4.74 Å². The van der Waals surface area contributed by atoms with Crippen LogP contribution in [-0.4, -0.2) is 44.9 Å². The summed E-state index contributed by atoms with van der Waals surface area (Å²) >= 11 is 1.01. The van der Waals surface area contributed by atoms with Crippen molar-refractivity contribution in [2.75, 3.05) is 20.2 Å². The molecule has 0 atom stereocenters. The summed E-state index contributed by atoms with van der Waals surface area (Å²) in [6.45, 7) is 2.35. The van der Waals surface area contributed by atoms with E-state index in [0.717, 1.165) is 24.2 Å². The Kier molecular flexibility index (Phi) is 5.68. The largest absolute Gasteiger partial charge is 0.463 e. The van der Waals surface area contributed by atoms with E-state index in [-0.39, 0.29) is 27.9 Å². The summed E-state index contributed by atoms with van der Waals surface area (Å²) in [6, 6.07) is 2.98. The van der Waals surface area contributed by atoms with Crippen molar-refractivity contribution in [3.8, 4) is 0 Å². The van der Waals surface area contributed by atoms with E-state index in [1.165, 1.54) is 17.5 Å². The zero-order chi connectivity index (χ0) is 19.6. The third-order valence-corrected chi connectivity index (χ3v) is 7.15. The van der Waals surface area contributed by atoms with Crippen LogP contribution in [0.5, 0.6) is 0 Å². The second-order valence-corrected chi connectivity index (χ2v) is 8.84. The molecule has 1 aliphatic rings. The summed E-state index contributed by atoms with van der Waals surface area (Å²) in [4.78, 5) is 24.0. The highest BCUT2D eigenvalue weighted by atomic mass is 32.2. The number of rotatable bonds is 6. The van der Waals surface area contributed by atoms with Gasteiger partial charge >= 0.3 is 11.9 Å². The molecule has 0 spiro atoms. The van der Waals surface area contributed by atoms with Crippen LogP contribution in [0.1, 0.15) is 44.4 Å². The van der Waals surface area contributed by atoms with Gasteiger partial charge in [0.2, 0.25) is 15.8 Å². The monoisotopic (exact) mass is 413 g/mol. The number of sulfonamides is 1. The molecule has 10 heteroatoms. The maximum Gasteiger partial charge on any atom is 0.374 e. The molecule has 1 saturated heterocycles. The molecule has 3 heterocycles. The van der Waals surface area contributed by atoms with Crippen LogP contribution in [0.4, 0.5) is 0 Å². The van der Waals surface area contributed by atoms with E-state index >= 15 is 0 Å². The maximum absolute atomic E-state index is 12.7. The van der Waals surface area contributed by atoms with Gasteiger partial charge in [-0.15, -0.1) is 11.3 Å². The third kappa shape index (κ3) is 3.92. The maximum atomic E-state index is 12.7. The van der Waals surface area contributed by atoms with Gasteiger partial charge < -0.3 is 13.9 Å². The van der Waals surface area contributed by atoms with E-state index in [0.29, 0.717) is 18.7 Å². The Bertz CT molecular complexity index is 952. The molecule has 27 heavy (non-hydrogen) atoms. The number of esters is 2. The zero-order valence-electron chi connectivity index (χ0n) is 14.9. The standard InChI is InChI=1S/C17H19NO7S2/c1-11-9-12(25-14(11)16(19)23-2)10-24-17(20)15-13(5-8-26-15)27(21,22)18-6-3-4-7-18/h5,8-9H,3-4,6-7,10H2,1-2H3. The minimum absolute atomic E-state index is 0.0263. The molecule has 1 fully saturated rings. The summed E-state index contributed by atoms with van der Waals surface area (Å²) < 4.78 is 41.9. The Labute approximate surface area is 160 Å². The predicted octanol–water partition coefficient (Wildman–Crippen LogP) is 2.58. The molecule has 0 aromatic carbocycles. The first-order chi connectivity index (χ1) is 12.8. The van der Waals surface area contributed by atoms with Gasteiger partial charge in [-0.3, -0.25) is 0 Å². The number of aryl methyl sites for hydroxylation is 1. The van der Waals surface area contributed by atoms with Crippen LogP contribution in [0.25, 0.3) is 0 Å². The van der Waals surface area contributed by atoms with Gasteiger partial charge in [0.25, 0.3) is 0 Å². The lowest BCUT2D eigenvalue weighted by atomic mass is 10.2. The fraction of sp³-hybridized carbons (Fsp3) is 0.412. The van der Waals surface area contributed by atoms with Crippen LogP contribution in [0.15, 0.2) is 26.8 Å². The van der Waals surface area contributed by atoms with E-state index in [9.17, 15) is 18.0 Å². The Morgan fingerprint density at radius 2 is 1.96 bits per heavy atom. The van der Waals surface area contributed by atoms with Gasteiger partial charge in [0.1, 0.15) is 22.1 Å². The molecule has 3 rings (SSSR count). The van der Waals surface area contributed by atoms with Crippen molar-refractivity contribution in [2.24, 2.45) is 0 Å². The van der Waals surface area contributed by atoms with Crippen LogP contribution >= 0.6 is 11.3 Å². The number of methoxy groups -OCH3 is 1. The van der Waals surface area contributed by atoms with Crippen LogP contribution in [0.2, 0.25) is 0 Å². The van der Waals surface area contributed by atoms with E-state index in [1.807, 2.05) is 0 Å². The second kappa shape index (κ2) is 7.83. The van der Waals surface area contributed by atoms with Crippen molar-refractivity contribution in [3.63, 3.8) is 0 Å². The van der Waals surface area contributed by atoms with Crippen molar-refractivity contribution >= 4 is 33.3 Å². The summed E-state index contributed by atoms with van der Waals surface area (Å²) in [7, 11) is -2.47. The van der Waals surface area contributed by atoms with Gasteiger partial charge in [0.15, 0.2) is 0 Å². The highest BCUT2D eigenvalue weighted by molar-refractivity contribution is 7.89. The number of thiophene rings is 1. The Morgan fingerprint density at radius 1 is 1.26 bits per heavy atom. The first kappa shape index (κ1) is 19.6. The first-order valence-corrected chi connectivity index (χ1v) is 10.6. The minimum Gasteiger partial charge on any atom is -0.463 e. The average molecular weight is 413 g/mol. The highest BCUT2D eigenvalue weighted by Crippen LogP contribution is 2.28. The number of ether oxygens (including phenoxy) is 2. The molecular weight excluding hydrogens is 394 g/mol. The van der Waals surface area contributed by atoms with Gasteiger partial charge in [-0.1, -0.05) is 0 Å². The molecule has 146 valence electrons. The molecule has 8 nitrogen and oxygen atoms in total. The van der Waals surface area contributed by atoms with Gasteiger partial charge in [-0.2, -0.15) is 4.31 Å². The lowest BCUT2D eigenvalue weighted by Crippen LogP contribution is -2.28. The fourth-order valence-corrected chi connectivity index (χ4v) is 5.63. The molecule has 2 aromatic heterocycles. The topological polar surface area (TPSA) is 103 Å². The van der Waals surface area contributed by atoms with Gasteiger partial charge in [0, 0.05) is 18.7 Å². The average Bonchev–Trinajstić information content (AvgIpc) is 3.38. The lowest BCUT2D eigenvalue weighted by molar-refractivity contribution is 0.0440. The molecule has 0 aliphatic carbocycles. The highest BCUT2D eigenvalue weighted by Gasteiger charge is 2.32. The molecule has 0 N–H and O–H groups in total. The summed E-state index contributed by atoms with van der Waals surface area (Å²) in [6.07, 6.45) is 1.62. The SMILES string of the molecule is COC(=O)c1oc(COC(=O)c2sccc2S(=O)(=O)N2CCCC2)cc1C. The van der Waals surface area contributed by atoms with Gasteiger partial charge in [0.05, 0.1) is 7.11 Å². The number of nitrogens with zero attached hydrogens (tertiary/aromatic N) is 1. The molecule has 0 saturated carbocycles. The summed E-state index contributed by atoms with van der Waals surface area (Å²) in [5.41, 5.74) is 0.557. The van der Waals surface area contributed by atoms with Crippen molar-refractivity contribution in [1.82, 2.24) is 4.31 Å². The Balaban J connectivity index is 1.73. The number of carbonyl (C=O) groups excluding carboxylic acids is 2. The normalized spacial score (nSPS) is 15.0. The van der Waals surface area contributed by atoms with Crippen molar-refractivity contribution in [3.05, 3.63) is 39.5 Å². The molecule has 1 aliphatic heterocycles. The Morgan fingerprint density at radius 3 is 2.63 bits per heavy atom.